The average Bonchev–Trinajstić information content (AvgIpc) is 2.01. The van der Waals surface area contributed by atoms with E-state index < -0.39 is 0 Å². The van der Waals surface area contributed by atoms with E-state index in [0.717, 1.165) is 0 Å². The third kappa shape index (κ3) is 1.28. The highest BCUT2D eigenvalue weighted by atomic mass is 79.9. The first-order valence-electron chi connectivity index (χ1n) is 2.82. The Bertz CT molecular complexity index is 330. The van der Waals surface area contributed by atoms with Crippen molar-refractivity contribution in [2.24, 2.45) is 0 Å². The second-order valence-electron chi connectivity index (χ2n) is 1.96. The van der Waals surface area contributed by atoms with Crippen molar-refractivity contribution in [1.29, 1.82) is 16.1 Å². The highest BCUT2D eigenvalue weighted by Crippen LogP contribution is 2.16. The first-order valence-corrected chi connectivity index (χ1v) is 3.62. The van der Waals surface area contributed by atoms with Gasteiger partial charge in [0.1, 0.15) is 6.07 Å². The minimum absolute atomic E-state index is 0.0260. The Morgan fingerprint density at radius 2 is 1.91 bits per heavy atom. The van der Waals surface area contributed by atoms with E-state index >= 15 is 0 Å². The van der Waals surface area contributed by atoms with Crippen LogP contribution in [0.25, 0.3) is 0 Å². The van der Waals surface area contributed by atoms with Crippen molar-refractivity contribution < 1.29 is 0 Å². The summed E-state index contributed by atoms with van der Waals surface area (Å²) < 4.78 is 0.543. The summed E-state index contributed by atoms with van der Waals surface area (Å²) in [7, 11) is 0. The number of hydrogen-bond acceptors (Lipinski definition) is 3. The summed E-state index contributed by atoms with van der Waals surface area (Å²) in [6.45, 7) is 0. The molecule has 0 bridgehead atoms. The Kier molecular flexibility index (Phi) is 2.01. The van der Waals surface area contributed by atoms with Crippen LogP contribution in [-0.4, -0.2) is 11.4 Å². The van der Waals surface area contributed by atoms with E-state index in [1.54, 1.807) is 6.08 Å². The molecule has 0 aromatic heterocycles. The van der Waals surface area contributed by atoms with Gasteiger partial charge in [-0.25, -0.2) is 0 Å². The monoisotopic (exact) mass is 209 g/mol. The van der Waals surface area contributed by atoms with Crippen LogP contribution in [0, 0.1) is 22.1 Å². The van der Waals surface area contributed by atoms with Crippen molar-refractivity contribution in [2.45, 2.75) is 0 Å². The number of nitrogens with zero attached hydrogens (tertiary/aromatic N) is 1. The van der Waals surface area contributed by atoms with Gasteiger partial charge in [0.15, 0.2) is 0 Å². The third-order valence-electron chi connectivity index (χ3n) is 1.27. The number of rotatable bonds is 0. The fourth-order valence-electron chi connectivity index (χ4n) is 0.670. The van der Waals surface area contributed by atoms with Crippen LogP contribution in [0.1, 0.15) is 0 Å². The molecule has 0 saturated heterocycles. The zero-order valence-electron chi connectivity index (χ0n) is 5.48. The molecule has 1 aliphatic rings. The molecule has 0 unspecified atom stereocenters. The molecule has 0 aromatic rings. The van der Waals surface area contributed by atoms with Crippen molar-refractivity contribution in [2.75, 3.05) is 0 Å². The van der Waals surface area contributed by atoms with Crippen molar-refractivity contribution in [1.82, 2.24) is 0 Å². The van der Waals surface area contributed by atoms with Crippen LogP contribution in [0.2, 0.25) is 0 Å². The Balaban J connectivity index is 3.15. The van der Waals surface area contributed by atoms with Gasteiger partial charge < -0.3 is 0 Å². The Morgan fingerprint density at radius 1 is 1.27 bits per heavy atom. The van der Waals surface area contributed by atoms with Crippen molar-refractivity contribution in [3.8, 4) is 6.07 Å². The standard InChI is InChI=1S/C7H4BrN3/c8-5-2-1-4(3-9)6(10)7(5)11/h1-2,10-11H. The number of allylic oxidation sites excluding steroid dienone is 4. The van der Waals surface area contributed by atoms with E-state index in [1.807, 2.05) is 6.07 Å². The molecule has 0 atom stereocenters. The van der Waals surface area contributed by atoms with Gasteiger partial charge in [-0.3, -0.25) is 10.8 Å². The molecule has 1 rings (SSSR count). The molecule has 2 N–H and O–H groups in total. The summed E-state index contributed by atoms with van der Waals surface area (Å²) in [5.41, 5.74) is 0.268. The van der Waals surface area contributed by atoms with Gasteiger partial charge in [0.25, 0.3) is 0 Å². The fraction of sp³-hybridized carbons (Fsp3) is 0. The lowest BCUT2D eigenvalue weighted by Crippen LogP contribution is -2.16. The van der Waals surface area contributed by atoms with E-state index in [9.17, 15) is 0 Å². The molecule has 1 aliphatic carbocycles. The predicted octanol–water partition coefficient (Wildman–Crippen LogP) is 1.77. The fourth-order valence-corrected chi connectivity index (χ4v) is 1.00. The Morgan fingerprint density at radius 3 is 2.45 bits per heavy atom. The van der Waals surface area contributed by atoms with Crippen LogP contribution >= 0.6 is 15.9 Å². The van der Waals surface area contributed by atoms with Crippen molar-refractivity contribution >= 4 is 27.4 Å². The number of nitrogens with one attached hydrogen (secondary N) is 2. The van der Waals surface area contributed by atoms with Gasteiger partial charge in [-0.15, -0.1) is 0 Å². The molecular weight excluding hydrogens is 206 g/mol. The van der Waals surface area contributed by atoms with Gasteiger partial charge in [-0.05, 0) is 28.1 Å². The van der Waals surface area contributed by atoms with Gasteiger partial charge in [0.05, 0.1) is 17.0 Å². The molecule has 0 aliphatic heterocycles. The molecule has 11 heavy (non-hydrogen) atoms. The van der Waals surface area contributed by atoms with E-state index in [0.29, 0.717) is 4.48 Å². The third-order valence-corrected chi connectivity index (χ3v) is 1.94. The van der Waals surface area contributed by atoms with Crippen LogP contribution in [0.4, 0.5) is 0 Å². The molecule has 3 nitrogen and oxygen atoms in total. The molecule has 0 aromatic carbocycles. The first kappa shape index (κ1) is 7.89. The number of nitriles is 1. The van der Waals surface area contributed by atoms with Crippen LogP contribution in [0.5, 0.6) is 0 Å². The smallest absolute Gasteiger partial charge is 0.101 e. The molecule has 4 heteroatoms. The first-order chi connectivity index (χ1) is 5.16. The average molecular weight is 210 g/mol. The molecule has 54 valence electrons. The predicted molar refractivity (Wildman–Crippen MR) is 46.2 cm³/mol. The lowest BCUT2D eigenvalue weighted by Gasteiger charge is -2.06. The summed E-state index contributed by atoms with van der Waals surface area (Å²) in [6.07, 6.45) is 3.11. The van der Waals surface area contributed by atoms with Crippen LogP contribution < -0.4 is 0 Å². The maximum atomic E-state index is 8.47. The maximum Gasteiger partial charge on any atom is 0.101 e. The lowest BCUT2D eigenvalue weighted by molar-refractivity contribution is 1.44. The number of hydrogen-bond donors (Lipinski definition) is 2. The van der Waals surface area contributed by atoms with Gasteiger partial charge in [-0.2, -0.15) is 5.26 Å². The summed E-state index contributed by atoms with van der Waals surface area (Å²) in [5, 5.41) is 23.1. The van der Waals surface area contributed by atoms with Gasteiger partial charge >= 0.3 is 0 Å². The maximum absolute atomic E-state index is 8.47. The summed E-state index contributed by atoms with van der Waals surface area (Å²) in [5.74, 6) is 0. The molecule has 0 amide bonds. The second kappa shape index (κ2) is 2.81. The van der Waals surface area contributed by atoms with E-state index in [1.165, 1.54) is 6.08 Å². The zero-order valence-corrected chi connectivity index (χ0v) is 7.07. The van der Waals surface area contributed by atoms with Gasteiger partial charge in [-0.1, -0.05) is 0 Å². The SMILES string of the molecule is N#CC1=CC=C(Br)C(=N)C1=N. The highest BCUT2D eigenvalue weighted by Gasteiger charge is 2.16. The van der Waals surface area contributed by atoms with Crippen molar-refractivity contribution in [3.63, 3.8) is 0 Å². The van der Waals surface area contributed by atoms with E-state index in [2.05, 4.69) is 15.9 Å². The lowest BCUT2D eigenvalue weighted by atomic mass is 10.0. The highest BCUT2D eigenvalue weighted by molar-refractivity contribution is 9.12. The normalized spacial score (nSPS) is 17.1. The second-order valence-corrected chi connectivity index (χ2v) is 2.81. The van der Waals surface area contributed by atoms with Crippen molar-refractivity contribution in [3.05, 3.63) is 22.2 Å². The van der Waals surface area contributed by atoms with Crippen LogP contribution in [0.15, 0.2) is 22.2 Å². The molecule has 0 spiro atoms. The largest absolute Gasteiger partial charge is 0.297 e. The Hall–Kier alpha value is -1.21. The summed E-state index contributed by atoms with van der Waals surface area (Å²) in [6, 6.07) is 1.83. The van der Waals surface area contributed by atoms with Gasteiger partial charge in [0.2, 0.25) is 0 Å². The Labute approximate surface area is 72.2 Å². The van der Waals surface area contributed by atoms with Crippen LogP contribution in [-0.2, 0) is 0 Å². The van der Waals surface area contributed by atoms with Gasteiger partial charge in [0, 0.05) is 4.48 Å². The van der Waals surface area contributed by atoms with E-state index in [-0.39, 0.29) is 17.0 Å². The van der Waals surface area contributed by atoms with Crippen LogP contribution in [0.3, 0.4) is 0 Å². The molecule has 0 saturated carbocycles. The van der Waals surface area contributed by atoms with E-state index in [4.69, 9.17) is 16.1 Å². The summed E-state index contributed by atoms with van der Waals surface area (Å²) >= 11 is 3.09. The minimum Gasteiger partial charge on any atom is -0.297 e. The molecule has 0 heterocycles. The number of halogens is 1. The molecule has 0 radical (unpaired) electrons. The topological polar surface area (TPSA) is 71.5 Å². The summed E-state index contributed by atoms with van der Waals surface area (Å²) in [4.78, 5) is 0. The quantitative estimate of drug-likeness (QED) is 0.587. The molecular formula is C7H4BrN3. The minimum atomic E-state index is -0.0260. The molecule has 0 fully saturated rings. The zero-order chi connectivity index (χ0) is 8.43.